The van der Waals surface area contributed by atoms with Crippen LogP contribution < -0.4 is 14.8 Å². The number of nitrogens with zero attached hydrogens (tertiary/aromatic N) is 2. The topological polar surface area (TPSA) is 90.0 Å². The van der Waals surface area contributed by atoms with Gasteiger partial charge in [0.15, 0.2) is 12.2 Å². The van der Waals surface area contributed by atoms with Gasteiger partial charge in [-0.25, -0.2) is 9.18 Å². The van der Waals surface area contributed by atoms with E-state index in [1.165, 1.54) is 6.07 Å². The molecule has 2 atom stereocenters. The molecule has 9 heteroatoms. The van der Waals surface area contributed by atoms with Crippen molar-refractivity contribution in [2.24, 2.45) is 0 Å². The minimum atomic E-state index is -0.520. The Bertz CT molecular complexity index is 1050. The third-order valence-electron chi connectivity index (χ3n) is 6.80. The molecule has 1 aromatic carbocycles. The summed E-state index contributed by atoms with van der Waals surface area (Å²) in [5.41, 5.74) is 1.55. The number of amides is 2. The molecule has 0 radical (unpaired) electrons. The van der Waals surface area contributed by atoms with Gasteiger partial charge in [0.1, 0.15) is 23.9 Å². The van der Waals surface area contributed by atoms with Crippen LogP contribution in [-0.4, -0.2) is 59.3 Å². The predicted molar refractivity (Wildman–Crippen MR) is 120 cm³/mol. The summed E-state index contributed by atoms with van der Waals surface area (Å²) in [6, 6.07) is 6.70. The number of cyclic esters (lactones) is 1. The van der Waals surface area contributed by atoms with Gasteiger partial charge in [0.05, 0.1) is 12.7 Å². The molecule has 5 rings (SSSR count). The summed E-state index contributed by atoms with van der Waals surface area (Å²) in [6.07, 6.45) is 5.76. The number of carbonyl (C=O) groups is 2. The summed E-state index contributed by atoms with van der Waals surface area (Å²) in [4.78, 5) is 30.9. The summed E-state index contributed by atoms with van der Waals surface area (Å²) in [5.74, 6) is 0.654. The van der Waals surface area contributed by atoms with Gasteiger partial charge in [-0.05, 0) is 50.3 Å². The van der Waals surface area contributed by atoms with Crippen molar-refractivity contribution in [3.05, 3.63) is 53.6 Å². The first-order valence-corrected chi connectivity index (χ1v) is 11.7. The molecular weight excluding hydrogens is 441 g/mol. The highest BCUT2D eigenvalue weighted by molar-refractivity contribution is 5.82. The van der Waals surface area contributed by atoms with Gasteiger partial charge in [0.2, 0.25) is 0 Å². The molecule has 180 valence electrons. The average molecular weight is 470 g/mol. The SMILES string of the molecule is Cc1ccc(OCC2CN(C3CCC(NC(=O)C4Cc5ccncc5O4)CC3)C(=O)O2)cc1F. The third-order valence-corrected chi connectivity index (χ3v) is 6.80. The van der Waals surface area contributed by atoms with Crippen molar-refractivity contribution < 1.29 is 28.2 Å². The van der Waals surface area contributed by atoms with E-state index in [1.54, 1.807) is 36.4 Å². The number of aryl methyl sites for hydroxylation is 1. The summed E-state index contributed by atoms with van der Waals surface area (Å²) in [5, 5.41) is 3.10. The second-order valence-corrected chi connectivity index (χ2v) is 9.19. The van der Waals surface area contributed by atoms with Crippen LogP contribution in [0, 0.1) is 12.7 Å². The van der Waals surface area contributed by atoms with Crippen molar-refractivity contribution in [3.63, 3.8) is 0 Å². The van der Waals surface area contributed by atoms with E-state index in [-0.39, 0.29) is 36.5 Å². The Balaban J connectivity index is 1.06. The van der Waals surface area contributed by atoms with Crippen LogP contribution in [0.25, 0.3) is 0 Å². The lowest BCUT2D eigenvalue weighted by Crippen LogP contribution is -2.47. The molecule has 1 aromatic heterocycles. The Morgan fingerprint density at radius 3 is 2.82 bits per heavy atom. The Kier molecular flexibility index (Phi) is 6.26. The van der Waals surface area contributed by atoms with Gasteiger partial charge >= 0.3 is 6.09 Å². The number of ether oxygens (including phenoxy) is 3. The van der Waals surface area contributed by atoms with Crippen LogP contribution in [0.4, 0.5) is 9.18 Å². The molecular formula is C25H28FN3O5. The maximum absolute atomic E-state index is 13.7. The molecule has 1 N–H and O–H groups in total. The quantitative estimate of drug-likeness (QED) is 0.699. The highest BCUT2D eigenvalue weighted by Gasteiger charge is 2.39. The molecule has 8 nitrogen and oxygen atoms in total. The van der Waals surface area contributed by atoms with Crippen molar-refractivity contribution in [2.45, 2.75) is 63.3 Å². The fourth-order valence-electron chi connectivity index (χ4n) is 4.83. The van der Waals surface area contributed by atoms with E-state index in [0.29, 0.717) is 30.0 Å². The van der Waals surface area contributed by atoms with Crippen molar-refractivity contribution in [1.29, 1.82) is 0 Å². The van der Waals surface area contributed by atoms with Crippen LogP contribution in [-0.2, 0) is 16.0 Å². The lowest BCUT2D eigenvalue weighted by molar-refractivity contribution is -0.128. The van der Waals surface area contributed by atoms with E-state index in [9.17, 15) is 14.0 Å². The molecule has 0 spiro atoms. The summed E-state index contributed by atoms with van der Waals surface area (Å²) >= 11 is 0. The molecule has 2 unspecified atom stereocenters. The number of halogens is 1. The van der Waals surface area contributed by atoms with E-state index in [4.69, 9.17) is 14.2 Å². The van der Waals surface area contributed by atoms with Crippen molar-refractivity contribution in [1.82, 2.24) is 15.2 Å². The zero-order chi connectivity index (χ0) is 23.7. The van der Waals surface area contributed by atoms with Gasteiger partial charge in [-0.2, -0.15) is 0 Å². The van der Waals surface area contributed by atoms with Crippen LogP contribution in [0.1, 0.15) is 36.8 Å². The Hall–Kier alpha value is -3.36. The van der Waals surface area contributed by atoms with Crippen LogP contribution >= 0.6 is 0 Å². The number of rotatable bonds is 6. The number of pyridine rings is 1. The molecule has 2 amide bonds. The van der Waals surface area contributed by atoms with E-state index >= 15 is 0 Å². The number of hydrogen-bond donors (Lipinski definition) is 1. The molecule has 1 saturated heterocycles. The van der Waals surface area contributed by atoms with E-state index in [0.717, 1.165) is 31.2 Å². The van der Waals surface area contributed by atoms with Gasteiger partial charge in [-0.3, -0.25) is 9.78 Å². The summed E-state index contributed by atoms with van der Waals surface area (Å²) in [6.45, 7) is 2.31. The lowest BCUT2D eigenvalue weighted by Gasteiger charge is -2.33. The number of carbonyl (C=O) groups excluding carboxylic acids is 2. The normalized spacial score (nSPS) is 25.9. The molecule has 1 aliphatic carbocycles. The number of fused-ring (bicyclic) bond motifs is 1. The molecule has 34 heavy (non-hydrogen) atoms. The zero-order valence-electron chi connectivity index (χ0n) is 19.0. The zero-order valence-corrected chi connectivity index (χ0v) is 19.0. The molecule has 2 aromatic rings. The van der Waals surface area contributed by atoms with E-state index in [1.807, 2.05) is 6.07 Å². The van der Waals surface area contributed by atoms with Gasteiger partial charge in [0, 0.05) is 36.3 Å². The Morgan fingerprint density at radius 2 is 2.06 bits per heavy atom. The van der Waals surface area contributed by atoms with Gasteiger partial charge in [-0.15, -0.1) is 0 Å². The first-order valence-electron chi connectivity index (χ1n) is 11.7. The highest BCUT2D eigenvalue weighted by Crippen LogP contribution is 2.29. The maximum Gasteiger partial charge on any atom is 0.410 e. The number of aromatic nitrogens is 1. The summed E-state index contributed by atoms with van der Waals surface area (Å²) < 4.78 is 30.5. The number of hydrogen-bond acceptors (Lipinski definition) is 6. The minimum absolute atomic E-state index is 0.0587. The number of benzene rings is 1. The number of nitrogens with one attached hydrogen (secondary N) is 1. The highest BCUT2D eigenvalue weighted by atomic mass is 19.1. The van der Waals surface area contributed by atoms with Gasteiger partial charge < -0.3 is 24.4 Å². The molecule has 1 saturated carbocycles. The standard InChI is InChI=1S/C25H28FN3O5/c1-15-2-7-19(11-21(15)26)32-14-20-13-29(25(31)33-20)18-5-3-17(4-6-18)28-24(30)22-10-16-8-9-27-12-23(16)34-22/h2,7-9,11-12,17-18,20,22H,3-6,10,13-14H2,1H3,(H,28,30). The van der Waals surface area contributed by atoms with Crippen LogP contribution in [0.5, 0.6) is 11.5 Å². The summed E-state index contributed by atoms with van der Waals surface area (Å²) in [7, 11) is 0. The Morgan fingerprint density at radius 1 is 1.24 bits per heavy atom. The lowest BCUT2D eigenvalue weighted by atomic mass is 9.90. The van der Waals surface area contributed by atoms with E-state index < -0.39 is 12.2 Å². The Labute approximate surface area is 197 Å². The van der Waals surface area contributed by atoms with Gasteiger partial charge in [0.25, 0.3) is 5.91 Å². The van der Waals surface area contributed by atoms with Crippen LogP contribution in [0.3, 0.4) is 0 Å². The first-order chi connectivity index (χ1) is 16.5. The van der Waals surface area contributed by atoms with Gasteiger partial charge in [-0.1, -0.05) is 6.07 Å². The molecule has 2 fully saturated rings. The fourth-order valence-corrected chi connectivity index (χ4v) is 4.83. The molecule has 3 aliphatic rings. The monoisotopic (exact) mass is 469 g/mol. The first kappa shape index (κ1) is 22.4. The van der Waals surface area contributed by atoms with Crippen LogP contribution in [0.2, 0.25) is 0 Å². The van der Waals surface area contributed by atoms with Crippen LogP contribution in [0.15, 0.2) is 36.7 Å². The average Bonchev–Trinajstić information content (AvgIpc) is 3.44. The smallest absolute Gasteiger partial charge is 0.410 e. The molecule has 0 bridgehead atoms. The van der Waals surface area contributed by atoms with E-state index in [2.05, 4.69) is 10.3 Å². The second-order valence-electron chi connectivity index (χ2n) is 9.19. The van der Waals surface area contributed by atoms with Crippen molar-refractivity contribution in [3.8, 4) is 11.5 Å². The second kappa shape index (κ2) is 9.48. The maximum atomic E-state index is 13.7. The third kappa shape index (κ3) is 4.78. The molecule has 2 aliphatic heterocycles. The van der Waals surface area contributed by atoms with Crippen molar-refractivity contribution >= 4 is 12.0 Å². The minimum Gasteiger partial charge on any atom is -0.490 e. The van der Waals surface area contributed by atoms with Crippen molar-refractivity contribution in [2.75, 3.05) is 13.2 Å². The largest absolute Gasteiger partial charge is 0.490 e. The predicted octanol–water partition coefficient (Wildman–Crippen LogP) is 3.16. The molecule has 3 heterocycles. The fraction of sp³-hybridized carbons (Fsp3) is 0.480.